The highest BCUT2D eigenvalue weighted by molar-refractivity contribution is 5.79. The molecule has 1 saturated carbocycles. The minimum atomic E-state index is -0.219. The van der Waals surface area contributed by atoms with E-state index in [9.17, 15) is 9.90 Å². The van der Waals surface area contributed by atoms with E-state index in [1.54, 1.807) is 0 Å². The largest absolute Gasteiger partial charge is 0.393 e. The summed E-state index contributed by atoms with van der Waals surface area (Å²) in [6.07, 6.45) is 4.48. The van der Waals surface area contributed by atoms with Crippen LogP contribution in [0.5, 0.6) is 0 Å². The Hall–Kier alpha value is -0.610. The molecule has 1 amide bonds. The van der Waals surface area contributed by atoms with Gasteiger partial charge in [0.1, 0.15) is 0 Å². The van der Waals surface area contributed by atoms with E-state index in [4.69, 9.17) is 5.73 Å². The topological polar surface area (TPSA) is 66.6 Å². The van der Waals surface area contributed by atoms with Gasteiger partial charge in [-0.3, -0.25) is 4.79 Å². The lowest BCUT2D eigenvalue weighted by Gasteiger charge is -2.31. The van der Waals surface area contributed by atoms with Crippen LogP contribution >= 0.6 is 0 Å². The molecule has 3 atom stereocenters. The smallest absolute Gasteiger partial charge is 0.224 e. The van der Waals surface area contributed by atoms with Gasteiger partial charge >= 0.3 is 0 Å². The van der Waals surface area contributed by atoms with Gasteiger partial charge in [0, 0.05) is 31.5 Å². The van der Waals surface area contributed by atoms with Crippen LogP contribution in [-0.2, 0) is 4.79 Å². The van der Waals surface area contributed by atoms with Crippen LogP contribution in [0.15, 0.2) is 0 Å². The van der Waals surface area contributed by atoms with Crippen molar-refractivity contribution in [2.75, 3.05) is 13.1 Å². The van der Waals surface area contributed by atoms with Crippen LogP contribution in [0.4, 0.5) is 0 Å². The number of aliphatic hydroxyl groups is 1. The molecule has 3 N–H and O–H groups in total. The average Bonchev–Trinajstić information content (AvgIpc) is 2.49. The number of nitrogens with zero attached hydrogens (tertiary/aromatic N) is 1. The normalized spacial score (nSPS) is 37.3. The summed E-state index contributed by atoms with van der Waals surface area (Å²) in [5, 5.41) is 9.81. The SMILES string of the molecule is NC1CC(=O)N(CC2CCCCC2O)C1. The van der Waals surface area contributed by atoms with Crippen LogP contribution < -0.4 is 5.73 Å². The summed E-state index contributed by atoms with van der Waals surface area (Å²) in [5.41, 5.74) is 5.73. The van der Waals surface area contributed by atoms with Crippen molar-refractivity contribution in [3.05, 3.63) is 0 Å². The summed E-state index contributed by atoms with van der Waals surface area (Å²) in [5.74, 6) is 0.424. The molecular formula is C11H20N2O2. The summed E-state index contributed by atoms with van der Waals surface area (Å²) in [6, 6.07) is -0.00164. The van der Waals surface area contributed by atoms with E-state index in [-0.39, 0.29) is 24.0 Å². The van der Waals surface area contributed by atoms with E-state index >= 15 is 0 Å². The number of hydrogen-bond acceptors (Lipinski definition) is 3. The third-order valence-electron chi connectivity index (χ3n) is 3.57. The van der Waals surface area contributed by atoms with Crippen molar-refractivity contribution < 1.29 is 9.90 Å². The maximum atomic E-state index is 11.5. The molecule has 4 nitrogen and oxygen atoms in total. The van der Waals surface area contributed by atoms with Crippen molar-refractivity contribution in [1.29, 1.82) is 0 Å². The van der Waals surface area contributed by atoms with Crippen LogP contribution in [0.25, 0.3) is 0 Å². The standard InChI is InChI=1S/C11H20N2O2/c12-9-5-11(15)13(7-9)6-8-3-1-2-4-10(8)14/h8-10,14H,1-7,12H2. The molecule has 2 fully saturated rings. The molecule has 0 aromatic carbocycles. The predicted octanol–water partition coefficient (Wildman–Crippen LogP) is 0.0971. The van der Waals surface area contributed by atoms with Crippen molar-refractivity contribution in [1.82, 2.24) is 4.90 Å². The Labute approximate surface area is 90.4 Å². The highest BCUT2D eigenvalue weighted by Crippen LogP contribution is 2.26. The quantitative estimate of drug-likeness (QED) is 0.682. The number of carbonyl (C=O) groups excluding carboxylic acids is 1. The molecule has 1 aliphatic heterocycles. The minimum absolute atomic E-state index is 0.00164. The maximum Gasteiger partial charge on any atom is 0.224 e. The lowest BCUT2D eigenvalue weighted by molar-refractivity contribution is -0.128. The number of carbonyl (C=O) groups is 1. The third-order valence-corrected chi connectivity index (χ3v) is 3.57. The molecule has 4 heteroatoms. The van der Waals surface area contributed by atoms with Gasteiger partial charge in [-0.25, -0.2) is 0 Å². The van der Waals surface area contributed by atoms with E-state index in [0.29, 0.717) is 19.5 Å². The van der Waals surface area contributed by atoms with E-state index in [2.05, 4.69) is 0 Å². The van der Waals surface area contributed by atoms with Crippen molar-refractivity contribution in [2.45, 2.75) is 44.2 Å². The Morgan fingerprint density at radius 1 is 1.40 bits per heavy atom. The monoisotopic (exact) mass is 212 g/mol. The van der Waals surface area contributed by atoms with Gasteiger partial charge in [-0.1, -0.05) is 12.8 Å². The van der Waals surface area contributed by atoms with Crippen molar-refractivity contribution in [2.24, 2.45) is 11.7 Å². The molecule has 86 valence electrons. The Morgan fingerprint density at radius 2 is 2.13 bits per heavy atom. The summed E-state index contributed by atoms with van der Waals surface area (Å²) >= 11 is 0. The summed E-state index contributed by atoms with van der Waals surface area (Å²) in [6.45, 7) is 1.37. The van der Waals surface area contributed by atoms with Gasteiger partial charge in [0.2, 0.25) is 5.91 Å². The van der Waals surface area contributed by atoms with Gasteiger partial charge in [-0.15, -0.1) is 0 Å². The van der Waals surface area contributed by atoms with Crippen molar-refractivity contribution in [3.63, 3.8) is 0 Å². The number of nitrogens with two attached hydrogens (primary N) is 1. The molecule has 1 heterocycles. The molecule has 0 bridgehead atoms. The zero-order valence-electron chi connectivity index (χ0n) is 9.06. The zero-order chi connectivity index (χ0) is 10.8. The van der Waals surface area contributed by atoms with Gasteiger partial charge in [0.05, 0.1) is 6.10 Å². The third kappa shape index (κ3) is 2.49. The van der Waals surface area contributed by atoms with Crippen molar-refractivity contribution in [3.8, 4) is 0 Å². The highest BCUT2D eigenvalue weighted by atomic mass is 16.3. The number of aliphatic hydroxyl groups excluding tert-OH is 1. The highest BCUT2D eigenvalue weighted by Gasteiger charge is 2.31. The Morgan fingerprint density at radius 3 is 2.73 bits per heavy atom. The lowest BCUT2D eigenvalue weighted by Crippen LogP contribution is -2.38. The molecule has 2 aliphatic rings. The molecule has 1 saturated heterocycles. The molecule has 1 aliphatic carbocycles. The molecule has 0 radical (unpaired) electrons. The fraction of sp³-hybridized carbons (Fsp3) is 0.909. The fourth-order valence-electron chi connectivity index (χ4n) is 2.66. The summed E-state index contributed by atoms with van der Waals surface area (Å²) in [4.78, 5) is 13.4. The maximum absolute atomic E-state index is 11.5. The fourth-order valence-corrected chi connectivity index (χ4v) is 2.66. The average molecular weight is 212 g/mol. The molecule has 2 rings (SSSR count). The van der Waals surface area contributed by atoms with E-state index in [1.807, 2.05) is 4.90 Å². The van der Waals surface area contributed by atoms with Crippen LogP contribution in [0.1, 0.15) is 32.1 Å². The summed E-state index contributed by atoms with van der Waals surface area (Å²) in [7, 11) is 0. The second kappa shape index (κ2) is 4.49. The molecule has 3 unspecified atom stereocenters. The van der Waals surface area contributed by atoms with Gasteiger partial charge in [-0.05, 0) is 12.8 Å². The molecule has 0 spiro atoms. The first-order chi connectivity index (χ1) is 7.16. The molecular weight excluding hydrogens is 192 g/mol. The Kier molecular flexibility index (Phi) is 3.26. The van der Waals surface area contributed by atoms with Crippen LogP contribution in [0.3, 0.4) is 0 Å². The van der Waals surface area contributed by atoms with Gasteiger partial charge in [-0.2, -0.15) is 0 Å². The van der Waals surface area contributed by atoms with Gasteiger partial charge in [0.25, 0.3) is 0 Å². The number of likely N-dealkylation sites (tertiary alicyclic amines) is 1. The molecule has 0 aromatic rings. The van der Waals surface area contributed by atoms with Crippen LogP contribution in [0, 0.1) is 5.92 Å². The predicted molar refractivity (Wildman–Crippen MR) is 57.1 cm³/mol. The number of hydrogen-bond donors (Lipinski definition) is 2. The Balaban J connectivity index is 1.87. The second-order valence-corrected chi connectivity index (χ2v) is 4.87. The summed E-state index contributed by atoms with van der Waals surface area (Å²) < 4.78 is 0. The first kappa shape index (κ1) is 10.9. The van der Waals surface area contributed by atoms with Crippen LogP contribution in [-0.4, -0.2) is 41.1 Å². The first-order valence-corrected chi connectivity index (χ1v) is 5.88. The van der Waals surface area contributed by atoms with Gasteiger partial charge < -0.3 is 15.7 Å². The number of amides is 1. The minimum Gasteiger partial charge on any atom is -0.393 e. The molecule has 0 aromatic heterocycles. The zero-order valence-corrected chi connectivity index (χ0v) is 9.06. The van der Waals surface area contributed by atoms with Gasteiger partial charge in [0.15, 0.2) is 0 Å². The second-order valence-electron chi connectivity index (χ2n) is 4.87. The van der Waals surface area contributed by atoms with E-state index in [1.165, 1.54) is 6.42 Å². The number of rotatable bonds is 2. The van der Waals surface area contributed by atoms with Crippen LogP contribution in [0.2, 0.25) is 0 Å². The first-order valence-electron chi connectivity index (χ1n) is 5.88. The van der Waals surface area contributed by atoms with Crippen molar-refractivity contribution >= 4 is 5.91 Å². The Bertz CT molecular complexity index is 245. The molecule has 15 heavy (non-hydrogen) atoms. The lowest BCUT2D eigenvalue weighted by atomic mass is 9.86. The van der Waals surface area contributed by atoms with E-state index in [0.717, 1.165) is 19.3 Å². The van der Waals surface area contributed by atoms with E-state index < -0.39 is 0 Å².